The Balaban J connectivity index is 4.16. The fraction of sp³-hybridized carbons (Fsp3) is 0.883. The highest BCUT2D eigenvalue weighted by Gasteiger charge is 2.20. The average molecular weight is 1170 g/mol. The van der Waals surface area contributed by atoms with Crippen molar-refractivity contribution < 1.29 is 28.6 Å². The predicted octanol–water partition coefficient (Wildman–Crippen LogP) is 25.9. The van der Waals surface area contributed by atoms with E-state index in [1.54, 1.807) is 0 Å². The van der Waals surface area contributed by atoms with Crippen LogP contribution in [0, 0.1) is 0 Å². The molecular formula is C77H144O6. The molecule has 0 aromatic heterocycles. The normalized spacial score (nSPS) is 12.2. The van der Waals surface area contributed by atoms with Gasteiger partial charge in [0.15, 0.2) is 6.10 Å². The second kappa shape index (κ2) is 72.1. The van der Waals surface area contributed by atoms with Crippen LogP contribution in [0.5, 0.6) is 0 Å². The quantitative estimate of drug-likeness (QED) is 0.0261. The number of carbonyl (C=O) groups is 3. The number of esters is 3. The van der Waals surface area contributed by atoms with Gasteiger partial charge in [0.1, 0.15) is 13.2 Å². The van der Waals surface area contributed by atoms with E-state index in [1.807, 2.05) is 0 Å². The maximum absolute atomic E-state index is 12.9. The summed E-state index contributed by atoms with van der Waals surface area (Å²) in [6.07, 6.45) is 90.6. The molecule has 6 heteroatoms. The van der Waals surface area contributed by atoms with Crippen LogP contribution in [0.15, 0.2) is 36.5 Å². The lowest BCUT2D eigenvalue weighted by Crippen LogP contribution is -2.30. The van der Waals surface area contributed by atoms with Crippen LogP contribution in [0.4, 0.5) is 0 Å². The highest BCUT2D eigenvalue weighted by atomic mass is 16.6. The molecule has 0 rings (SSSR count). The van der Waals surface area contributed by atoms with Crippen molar-refractivity contribution in [3.63, 3.8) is 0 Å². The zero-order chi connectivity index (χ0) is 59.9. The Kier molecular flexibility index (Phi) is 70.0. The van der Waals surface area contributed by atoms with E-state index in [1.165, 1.54) is 302 Å². The minimum Gasteiger partial charge on any atom is -0.462 e. The van der Waals surface area contributed by atoms with Crippen LogP contribution in [0.2, 0.25) is 0 Å². The second-order valence-corrected chi connectivity index (χ2v) is 25.6. The number of hydrogen-bond acceptors (Lipinski definition) is 6. The first-order chi connectivity index (χ1) is 41.0. The summed E-state index contributed by atoms with van der Waals surface area (Å²) in [5, 5.41) is 0. The van der Waals surface area contributed by atoms with Crippen molar-refractivity contribution in [3.8, 4) is 0 Å². The van der Waals surface area contributed by atoms with Gasteiger partial charge in [-0.3, -0.25) is 14.4 Å². The molecule has 0 aromatic rings. The fourth-order valence-electron chi connectivity index (χ4n) is 11.5. The molecule has 0 aliphatic carbocycles. The van der Waals surface area contributed by atoms with Gasteiger partial charge in [-0.1, -0.05) is 359 Å². The van der Waals surface area contributed by atoms with E-state index in [0.717, 1.165) is 77.0 Å². The van der Waals surface area contributed by atoms with Crippen molar-refractivity contribution in [1.82, 2.24) is 0 Å². The first-order valence-electron chi connectivity index (χ1n) is 37.5. The van der Waals surface area contributed by atoms with Crippen LogP contribution in [-0.4, -0.2) is 37.2 Å². The Hall–Kier alpha value is -2.37. The van der Waals surface area contributed by atoms with Crippen LogP contribution in [0.25, 0.3) is 0 Å². The van der Waals surface area contributed by atoms with Gasteiger partial charge < -0.3 is 14.2 Å². The van der Waals surface area contributed by atoms with Gasteiger partial charge in [-0.15, -0.1) is 0 Å². The van der Waals surface area contributed by atoms with Crippen molar-refractivity contribution in [2.45, 2.75) is 425 Å². The summed E-state index contributed by atoms with van der Waals surface area (Å²) >= 11 is 0. The number of carbonyl (C=O) groups excluding carboxylic acids is 3. The van der Waals surface area contributed by atoms with E-state index < -0.39 is 6.10 Å². The minimum atomic E-state index is -0.779. The van der Waals surface area contributed by atoms with Gasteiger partial charge in [0.05, 0.1) is 0 Å². The maximum Gasteiger partial charge on any atom is 0.306 e. The number of rotatable bonds is 70. The van der Waals surface area contributed by atoms with Gasteiger partial charge in [0.2, 0.25) is 0 Å². The summed E-state index contributed by atoms with van der Waals surface area (Å²) in [7, 11) is 0. The van der Waals surface area contributed by atoms with Crippen molar-refractivity contribution in [2.75, 3.05) is 13.2 Å². The zero-order valence-electron chi connectivity index (χ0n) is 56.2. The molecule has 0 aliphatic heterocycles. The van der Waals surface area contributed by atoms with E-state index in [0.29, 0.717) is 19.3 Å². The van der Waals surface area contributed by atoms with Gasteiger partial charge in [-0.25, -0.2) is 0 Å². The van der Waals surface area contributed by atoms with Crippen molar-refractivity contribution in [1.29, 1.82) is 0 Å². The molecule has 0 aliphatic rings. The monoisotopic (exact) mass is 1170 g/mol. The first-order valence-corrected chi connectivity index (χ1v) is 37.5. The maximum atomic E-state index is 12.9. The van der Waals surface area contributed by atoms with Gasteiger partial charge in [-0.2, -0.15) is 0 Å². The van der Waals surface area contributed by atoms with Crippen molar-refractivity contribution >= 4 is 17.9 Å². The highest BCUT2D eigenvalue weighted by Crippen LogP contribution is 2.19. The number of ether oxygens (including phenoxy) is 3. The Morgan fingerprint density at radius 2 is 0.434 bits per heavy atom. The van der Waals surface area contributed by atoms with Gasteiger partial charge in [0.25, 0.3) is 0 Å². The molecule has 0 saturated heterocycles. The summed E-state index contributed by atoms with van der Waals surface area (Å²) in [6.45, 7) is 6.68. The smallest absolute Gasteiger partial charge is 0.306 e. The molecule has 0 spiro atoms. The third-order valence-electron chi connectivity index (χ3n) is 17.1. The topological polar surface area (TPSA) is 78.9 Å². The molecule has 0 amide bonds. The number of unbranched alkanes of at least 4 members (excludes halogenated alkanes) is 53. The Labute approximate surface area is 518 Å². The van der Waals surface area contributed by atoms with E-state index in [2.05, 4.69) is 57.2 Å². The molecule has 83 heavy (non-hydrogen) atoms. The van der Waals surface area contributed by atoms with Gasteiger partial charge in [0, 0.05) is 19.3 Å². The molecule has 0 aromatic carbocycles. The average Bonchev–Trinajstić information content (AvgIpc) is 3.49. The summed E-state index contributed by atoms with van der Waals surface area (Å²) in [6, 6.07) is 0. The second-order valence-electron chi connectivity index (χ2n) is 25.6. The van der Waals surface area contributed by atoms with E-state index >= 15 is 0 Å². The minimum absolute atomic E-state index is 0.0735. The van der Waals surface area contributed by atoms with E-state index in [-0.39, 0.29) is 31.1 Å². The summed E-state index contributed by atoms with van der Waals surface area (Å²) in [5.41, 5.74) is 0. The van der Waals surface area contributed by atoms with Gasteiger partial charge in [-0.05, 0) is 77.0 Å². The van der Waals surface area contributed by atoms with Crippen molar-refractivity contribution in [2.24, 2.45) is 0 Å². The Bertz CT molecular complexity index is 1380. The molecule has 488 valence electrons. The predicted molar refractivity (Wildman–Crippen MR) is 362 cm³/mol. The van der Waals surface area contributed by atoms with Crippen LogP contribution in [0.1, 0.15) is 419 Å². The number of hydrogen-bond donors (Lipinski definition) is 0. The number of allylic oxidation sites excluding steroid dienone is 6. The molecule has 0 radical (unpaired) electrons. The lowest BCUT2D eigenvalue weighted by Gasteiger charge is -2.18. The third kappa shape index (κ3) is 70.3. The Morgan fingerprint density at radius 3 is 0.699 bits per heavy atom. The molecule has 1 unspecified atom stereocenters. The first kappa shape index (κ1) is 80.6. The van der Waals surface area contributed by atoms with E-state index in [4.69, 9.17) is 14.2 Å². The fourth-order valence-corrected chi connectivity index (χ4v) is 11.5. The van der Waals surface area contributed by atoms with E-state index in [9.17, 15) is 14.4 Å². The molecule has 0 N–H and O–H groups in total. The lowest BCUT2D eigenvalue weighted by atomic mass is 10.0. The summed E-state index contributed by atoms with van der Waals surface area (Å²) in [4.78, 5) is 38.5. The molecule has 0 heterocycles. The molecule has 0 bridgehead atoms. The lowest BCUT2D eigenvalue weighted by molar-refractivity contribution is -0.167. The van der Waals surface area contributed by atoms with Gasteiger partial charge >= 0.3 is 17.9 Å². The summed E-state index contributed by atoms with van der Waals surface area (Å²) in [5.74, 6) is -0.861. The standard InChI is InChI=1S/C77H144O6/c1-4-7-10-13-16-19-22-25-28-31-32-33-34-35-36-37-38-39-40-41-42-43-44-45-47-49-52-55-58-61-64-67-70-76(79)82-73-74(72-81-75(78)69-66-63-60-57-54-51-48-30-27-24-21-18-15-12-9-6-3)83-77(80)71-68-65-62-59-56-53-50-46-29-26-23-20-17-14-11-8-5-2/h17,20,26,29-30,48,74H,4-16,18-19,21-25,27-28,31-47,49-73H2,1-3H3/b20-17-,29-26-,48-30-. The van der Waals surface area contributed by atoms with Crippen LogP contribution >= 0.6 is 0 Å². The molecular weight excluding hydrogens is 1020 g/mol. The SMILES string of the molecule is CCCCC/C=C\C/C=C\CCCCCCCCCC(=O)OC(COC(=O)CCCCCCC/C=C\CCCCCCCCC)COC(=O)CCCCCCCCCCCCCCCCCCCCCCCCCCCCCCCCCC. The molecule has 0 fully saturated rings. The largest absolute Gasteiger partial charge is 0.462 e. The highest BCUT2D eigenvalue weighted by molar-refractivity contribution is 5.71. The Morgan fingerprint density at radius 1 is 0.241 bits per heavy atom. The van der Waals surface area contributed by atoms with Crippen LogP contribution < -0.4 is 0 Å². The molecule has 6 nitrogen and oxygen atoms in total. The molecule has 0 saturated carbocycles. The van der Waals surface area contributed by atoms with Crippen LogP contribution in [-0.2, 0) is 28.6 Å². The van der Waals surface area contributed by atoms with Crippen LogP contribution in [0.3, 0.4) is 0 Å². The summed E-state index contributed by atoms with van der Waals surface area (Å²) < 4.78 is 17.0. The zero-order valence-corrected chi connectivity index (χ0v) is 56.2. The third-order valence-corrected chi connectivity index (χ3v) is 17.1. The van der Waals surface area contributed by atoms with Crippen molar-refractivity contribution in [3.05, 3.63) is 36.5 Å². The molecule has 1 atom stereocenters.